The van der Waals surface area contributed by atoms with Gasteiger partial charge in [0.25, 0.3) is 0 Å². The van der Waals surface area contributed by atoms with Crippen molar-refractivity contribution in [2.75, 3.05) is 0 Å². The lowest BCUT2D eigenvalue weighted by molar-refractivity contribution is 0.671. The highest BCUT2D eigenvalue weighted by Crippen LogP contribution is 2.39. The summed E-state index contributed by atoms with van der Waals surface area (Å²) in [6, 6.07) is 26.1. The van der Waals surface area contributed by atoms with Crippen molar-refractivity contribution >= 4 is 35.2 Å². The lowest BCUT2D eigenvalue weighted by atomic mass is 9.99. The van der Waals surface area contributed by atoms with Gasteiger partial charge in [-0.1, -0.05) is 93.3 Å². The van der Waals surface area contributed by atoms with Crippen LogP contribution in [-0.2, 0) is 0 Å². The molecular formula is C29H29NOSi. The van der Waals surface area contributed by atoms with Crippen LogP contribution in [0.3, 0.4) is 0 Å². The van der Waals surface area contributed by atoms with Gasteiger partial charge in [0.05, 0.1) is 13.8 Å². The first-order valence-corrected chi connectivity index (χ1v) is 14.8. The zero-order valence-electron chi connectivity index (χ0n) is 19.4. The fourth-order valence-corrected chi connectivity index (χ4v) is 5.52. The highest BCUT2D eigenvalue weighted by Gasteiger charge is 2.18. The SMILES string of the molecule is CC(C)c1ccnc(-c2cccc3c2oc2c(-c4ccc([Si](C)(C)C)cc4)cccc23)c1. The zero-order chi connectivity index (χ0) is 22.5. The van der Waals surface area contributed by atoms with Gasteiger partial charge in [0, 0.05) is 28.1 Å². The van der Waals surface area contributed by atoms with Gasteiger partial charge in [-0.15, -0.1) is 0 Å². The third kappa shape index (κ3) is 3.57. The maximum absolute atomic E-state index is 6.59. The Labute approximate surface area is 190 Å². The van der Waals surface area contributed by atoms with Crippen LogP contribution in [0.4, 0.5) is 0 Å². The molecule has 0 saturated heterocycles. The Morgan fingerprint density at radius 2 is 1.38 bits per heavy atom. The molecule has 0 N–H and O–H groups in total. The van der Waals surface area contributed by atoms with Crippen LogP contribution in [0, 0.1) is 0 Å². The summed E-state index contributed by atoms with van der Waals surface area (Å²) in [4.78, 5) is 4.67. The zero-order valence-corrected chi connectivity index (χ0v) is 20.4. The number of nitrogens with zero attached hydrogens (tertiary/aromatic N) is 1. The Kier molecular flexibility index (Phi) is 5.02. The van der Waals surface area contributed by atoms with E-state index in [9.17, 15) is 0 Å². The molecule has 5 aromatic rings. The summed E-state index contributed by atoms with van der Waals surface area (Å²) in [6.45, 7) is 11.6. The lowest BCUT2D eigenvalue weighted by Crippen LogP contribution is -2.37. The van der Waals surface area contributed by atoms with Crippen molar-refractivity contribution in [2.45, 2.75) is 39.4 Å². The van der Waals surface area contributed by atoms with Crippen molar-refractivity contribution in [1.82, 2.24) is 4.98 Å². The summed E-state index contributed by atoms with van der Waals surface area (Å²) >= 11 is 0. The molecule has 0 aliphatic heterocycles. The number of hydrogen-bond acceptors (Lipinski definition) is 2. The van der Waals surface area contributed by atoms with E-state index in [1.165, 1.54) is 16.3 Å². The molecule has 0 bridgehead atoms. The largest absolute Gasteiger partial charge is 0.455 e. The van der Waals surface area contributed by atoms with Crippen molar-refractivity contribution in [2.24, 2.45) is 0 Å². The number of fused-ring (bicyclic) bond motifs is 3. The van der Waals surface area contributed by atoms with Gasteiger partial charge in [0.15, 0.2) is 0 Å². The number of aromatic nitrogens is 1. The molecule has 0 radical (unpaired) electrons. The van der Waals surface area contributed by atoms with Crippen molar-refractivity contribution in [3.8, 4) is 22.4 Å². The third-order valence-electron chi connectivity index (χ3n) is 6.31. The first-order valence-electron chi connectivity index (χ1n) is 11.3. The Balaban J connectivity index is 1.70. The Hall–Kier alpha value is -3.17. The molecule has 0 aliphatic carbocycles. The molecule has 0 amide bonds. The minimum absolute atomic E-state index is 0.456. The number of hydrogen-bond donors (Lipinski definition) is 0. The number of furan rings is 1. The molecule has 0 aliphatic rings. The van der Waals surface area contributed by atoms with E-state index in [4.69, 9.17) is 4.42 Å². The molecule has 32 heavy (non-hydrogen) atoms. The number of pyridine rings is 1. The summed E-state index contributed by atoms with van der Waals surface area (Å²) in [6.07, 6.45) is 1.90. The van der Waals surface area contributed by atoms with E-state index in [2.05, 4.69) is 111 Å². The van der Waals surface area contributed by atoms with Crippen LogP contribution in [0.2, 0.25) is 19.6 Å². The van der Waals surface area contributed by atoms with Crippen LogP contribution >= 0.6 is 0 Å². The average molecular weight is 436 g/mol. The summed E-state index contributed by atoms with van der Waals surface area (Å²) in [5, 5.41) is 3.75. The van der Waals surface area contributed by atoms with Crippen molar-refractivity contribution in [3.63, 3.8) is 0 Å². The smallest absolute Gasteiger partial charge is 0.144 e. The van der Waals surface area contributed by atoms with E-state index in [1.54, 1.807) is 0 Å². The Morgan fingerprint density at radius 3 is 2.00 bits per heavy atom. The highest BCUT2D eigenvalue weighted by atomic mass is 28.3. The van der Waals surface area contributed by atoms with E-state index < -0.39 is 8.07 Å². The fourth-order valence-electron chi connectivity index (χ4n) is 4.35. The van der Waals surface area contributed by atoms with Crippen molar-refractivity contribution < 1.29 is 4.42 Å². The highest BCUT2D eigenvalue weighted by molar-refractivity contribution is 6.88. The van der Waals surface area contributed by atoms with Gasteiger partial charge in [-0.05, 0) is 35.2 Å². The monoisotopic (exact) mass is 435 g/mol. The maximum atomic E-state index is 6.59. The summed E-state index contributed by atoms with van der Waals surface area (Å²) in [5.41, 5.74) is 7.46. The summed E-state index contributed by atoms with van der Waals surface area (Å²) < 4.78 is 6.59. The minimum Gasteiger partial charge on any atom is -0.455 e. The lowest BCUT2D eigenvalue weighted by Gasteiger charge is -2.16. The topological polar surface area (TPSA) is 26.0 Å². The maximum Gasteiger partial charge on any atom is 0.144 e. The molecular weight excluding hydrogens is 406 g/mol. The van der Waals surface area contributed by atoms with E-state index in [0.717, 1.165) is 38.8 Å². The minimum atomic E-state index is -1.33. The second-order valence-corrected chi connectivity index (χ2v) is 15.0. The Bertz CT molecular complexity index is 1420. The van der Waals surface area contributed by atoms with Gasteiger partial charge in [-0.2, -0.15) is 0 Å². The van der Waals surface area contributed by atoms with Crippen LogP contribution in [-0.4, -0.2) is 13.1 Å². The number of para-hydroxylation sites is 2. The van der Waals surface area contributed by atoms with Gasteiger partial charge in [-0.25, -0.2) is 0 Å². The van der Waals surface area contributed by atoms with Crippen LogP contribution in [0.15, 0.2) is 83.4 Å². The molecule has 0 fully saturated rings. The molecule has 5 rings (SSSR count). The Morgan fingerprint density at radius 1 is 0.750 bits per heavy atom. The first-order chi connectivity index (χ1) is 15.3. The average Bonchev–Trinajstić information content (AvgIpc) is 3.17. The molecule has 2 heterocycles. The van der Waals surface area contributed by atoms with E-state index in [-0.39, 0.29) is 0 Å². The molecule has 0 atom stereocenters. The first kappa shape index (κ1) is 20.7. The van der Waals surface area contributed by atoms with Crippen LogP contribution in [0.25, 0.3) is 44.3 Å². The molecule has 3 aromatic carbocycles. The quantitative estimate of drug-likeness (QED) is 0.267. The molecule has 0 saturated carbocycles. The van der Waals surface area contributed by atoms with E-state index in [0.29, 0.717) is 5.92 Å². The van der Waals surface area contributed by atoms with Crippen molar-refractivity contribution in [3.05, 3.63) is 84.6 Å². The van der Waals surface area contributed by atoms with Crippen molar-refractivity contribution in [1.29, 1.82) is 0 Å². The normalized spacial score (nSPS) is 12.2. The third-order valence-corrected chi connectivity index (χ3v) is 8.38. The fraction of sp³-hybridized carbons (Fsp3) is 0.207. The summed E-state index contributed by atoms with van der Waals surface area (Å²) in [5.74, 6) is 0.456. The molecule has 160 valence electrons. The number of benzene rings is 3. The van der Waals surface area contributed by atoms with Gasteiger partial charge in [-0.3, -0.25) is 4.98 Å². The van der Waals surface area contributed by atoms with E-state index in [1.807, 2.05) is 6.20 Å². The van der Waals surface area contributed by atoms with Crippen LogP contribution in [0.5, 0.6) is 0 Å². The summed E-state index contributed by atoms with van der Waals surface area (Å²) in [7, 11) is -1.33. The van der Waals surface area contributed by atoms with Gasteiger partial charge in [0.1, 0.15) is 11.2 Å². The predicted octanol–water partition coefficient (Wildman–Crippen LogP) is 7.98. The van der Waals surface area contributed by atoms with Crippen LogP contribution < -0.4 is 5.19 Å². The number of rotatable bonds is 4. The molecule has 0 spiro atoms. The molecule has 3 heteroatoms. The molecule has 2 nitrogen and oxygen atoms in total. The van der Waals surface area contributed by atoms with E-state index >= 15 is 0 Å². The van der Waals surface area contributed by atoms with Crippen LogP contribution in [0.1, 0.15) is 25.3 Å². The second kappa shape index (κ2) is 7.75. The van der Waals surface area contributed by atoms with Gasteiger partial charge in [0.2, 0.25) is 0 Å². The van der Waals surface area contributed by atoms with Gasteiger partial charge < -0.3 is 4.42 Å². The molecule has 0 unspecified atom stereocenters. The van der Waals surface area contributed by atoms with Gasteiger partial charge >= 0.3 is 0 Å². The predicted molar refractivity (Wildman–Crippen MR) is 139 cm³/mol. The standard InChI is InChI=1S/C29H29NOSi/c1-19(2)21-16-17-30-27(18-21)26-11-7-10-25-24-9-6-8-23(28(24)31-29(25)26)20-12-14-22(15-13-20)32(3,4)5/h6-19H,1-5H3. The molecule has 2 aromatic heterocycles. The second-order valence-electron chi connectivity index (χ2n) is 9.92.